The number of para-hydroxylation sites is 2. The van der Waals surface area contributed by atoms with Crippen LogP contribution in [0.15, 0.2) is 42.5 Å². The monoisotopic (exact) mass is 450 g/mol. The van der Waals surface area contributed by atoms with Gasteiger partial charge < -0.3 is 15.0 Å². The van der Waals surface area contributed by atoms with E-state index in [2.05, 4.69) is 10.2 Å². The summed E-state index contributed by atoms with van der Waals surface area (Å²) >= 11 is 5.91. The minimum absolute atomic E-state index is 0.0550. The SMILES string of the molecule is O=C(C1CN(C2CC2)c2ccccc2N1)C1(OCc2cc(Cl)ccc2C(F)(F)F)CC1. The maximum atomic E-state index is 13.4. The number of nitrogens with one attached hydrogen (secondary N) is 1. The first-order chi connectivity index (χ1) is 14.8. The largest absolute Gasteiger partial charge is 0.416 e. The van der Waals surface area contributed by atoms with Crippen molar-refractivity contribution in [3.05, 3.63) is 58.6 Å². The van der Waals surface area contributed by atoms with Gasteiger partial charge in [0.05, 0.1) is 23.5 Å². The van der Waals surface area contributed by atoms with Gasteiger partial charge in [-0.1, -0.05) is 23.7 Å². The lowest BCUT2D eigenvalue weighted by Gasteiger charge is -2.38. The standard InChI is InChI=1S/C23H22ClF3N2O2/c24-15-5-8-17(23(25,26)27)14(11-15)13-31-22(9-10-22)21(30)19-12-29(16-6-7-16)20-4-2-1-3-18(20)28-19/h1-5,8,11,16,19,28H,6-7,9-10,12-13H2. The number of ether oxygens (including phenoxy) is 1. The zero-order valence-corrected chi connectivity index (χ0v) is 17.5. The molecular formula is C23H22ClF3N2O2. The molecule has 2 saturated carbocycles. The molecule has 31 heavy (non-hydrogen) atoms. The van der Waals surface area contributed by atoms with Crippen LogP contribution in [0.3, 0.4) is 0 Å². The molecule has 4 nitrogen and oxygen atoms in total. The first kappa shape index (κ1) is 20.6. The van der Waals surface area contributed by atoms with Gasteiger partial charge in [0.15, 0.2) is 5.78 Å². The molecule has 2 aliphatic carbocycles. The van der Waals surface area contributed by atoms with Gasteiger partial charge in [-0.3, -0.25) is 4.79 Å². The van der Waals surface area contributed by atoms with Gasteiger partial charge in [-0.25, -0.2) is 0 Å². The smallest absolute Gasteiger partial charge is 0.372 e. The summed E-state index contributed by atoms with van der Waals surface area (Å²) < 4.78 is 45.9. The van der Waals surface area contributed by atoms with Gasteiger partial charge >= 0.3 is 6.18 Å². The van der Waals surface area contributed by atoms with Gasteiger partial charge in [-0.2, -0.15) is 13.2 Å². The Morgan fingerprint density at radius 2 is 1.94 bits per heavy atom. The van der Waals surface area contributed by atoms with Gasteiger partial charge in [0.2, 0.25) is 0 Å². The Labute approximate surface area is 183 Å². The molecule has 5 rings (SSSR count). The molecule has 1 unspecified atom stereocenters. The minimum Gasteiger partial charge on any atom is -0.372 e. The number of Topliss-reactive ketones (excluding diaryl/α,β-unsaturated/α-hetero) is 1. The second-order valence-electron chi connectivity index (χ2n) is 8.54. The number of alkyl halides is 3. The summed E-state index contributed by atoms with van der Waals surface area (Å²) in [5.41, 5.74) is 0.118. The van der Waals surface area contributed by atoms with Crippen molar-refractivity contribution < 1.29 is 22.7 Å². The minimum atomic E-state index is -4.51. The predicted octanol–water partition coefficient (Wildman–Crippen LogP) is 5.44. The van der Waals surface area contributed by atoms with Crippen LogP contribution < -0.4 is 10.2 Å². The Morgan fingerprint density at radius 3 is 2.61 bits per heavy atom. The fraction of sp³-hybridized carbons (Fsp3) is 0.435. The highest BCUT2D eigenvalue weighted by Crippen LogP contribution is 2.46. The Hall–Kier alpha value is -2.25. The number of carbonyl (C=O) groups excluding carboxylic acids is 1. The van der Waals surface area contributed by atoms with Gasteiger partial charge in [0.1, 0.15) is 11.6 Å². The van der Waals surface area contributed by atoms with E-state index >= 15 is 0 Å². The maximum Gasteiger partial charge on any atom is 0.416 e. The van der Waals surface area contributed by atoms with Crippen molar-refractivity contribution in [2.75, 3.05) is 16.8 Å². The van der Waals surface area contributed by atoms with Crippen molar-refractivity contribution >= 4 is 28.8 Å². The molecule has 0 spiro atoms. The fourth-order valence-electron chi connectivity index (χ4n) is 4.32. The Balaban J connectivity index is 1.34. The molecule has 0 radical (unpaired) electrons. The summed E-state index contributed by atoms with van der Waals surface area (Å²) in [7, 11) is 0. The molecule has 1 atom stereocenters. The highest BCUT2D eigenvalue weighted by atomic mass is 35.5. The van der Waals surface area contributed by atoms with Crippen LogP contribution >= 0.6 is 11.6 Å². The summed E-state index contributed by atoms with van der Waals surface area (Å²) in [5, 5.41) is 3.53. The van der Waals surface area contributed by atoms with Crippen LogP contribution in [0.1, 0.15) is 36.8 Å². The maximum absolute atomic E-state index is 13.4. The second-order valence-corrected chi connectivity index (χ2v) is 8.98. The molecule has 0 amide bonds. The second kappa shape index (κ2) is 7.41. The molecule has 1 N–H and O–H groups in total. The highest BCUT2D eigenvalue weighted by Gasteiger charge is 2.54. The van der Waals surface area contributed by atoms with Crippen molar-refractivity contribution in [3.8, 4) is 0 Å². The molecule has 0 aromatic heterocycles. The molecule has 1 heterocycles. The Morgan fingerprint density at radius 1 is 1.19 bits per heavy atom. The van der Waals surface area contributed by atoms with Crippen LogP contribution in [-0.2, 0) is 22.3 Å². The lowest BCUT2D eigenvalue weighted by molar-refractivity contribution is -0.140. The van der Waals surface area contributed by atoms with E-state index in [9.17, 15) is 18.0 Å². The van der Waals surface area contributed by atoms with Gasteiger partial charge in [0.25, 0.3) is 0 Å². The van der Waals surface area contributed by atoms with Crippen LogP contribution in [0.25, 0.3) is 0 Å². The van der Waals surface area contributed by atoms with Crippen molar-refractivity contribution in [2.45, 2.75) is 56.2 Å². The van der Waals surface area contributed by atoms with Crippen molar-refractivity contribution in [3.63, 3.8) is 0 Å². The van der Waals surface area contributed by atoms with E-state index in [4.69, 9.17) is 16.3 Å². The van der Waals surface area contributed by atoms with Crippen LogP contribution in [-0.4, -0.2) is 30.0 Å². The van der Waals surface area contributed by atoms with E-state index in [-0.39, 0.29) is 23.0 Å². The first-order valence-corrected chi connectivity index (χ1v) is 10.8. The summed E-state index contributed by atoms with van der Waals surface area (Å²) in [4.78, 5) is 15.7. The van der Waals surface area contributed by atoms with Crippen LogP contribution in [0.4, 0.5) is 24.5 Å². The molecule has 0 saturated heterocycles. The Kier molecular flexibility index (Phi) is 4.94. The predicted molar refractivity (Wildman–Crippen MR) is 112 cm³/mol. The van der Waals surface area contributed by atoms with Crippen LogP contribution in [0.2, 0.25) is 5.02 Å². The molecule has 1 aliphatic heterocycles. The van der Waals surface area contributed by atoms with Gasteiger partial charge in [0, 0.05) is 17.6 Å². The normalized spacial score (nSPS) is 21.9. The summed E-state index contributed by atoms with van der Waals surface area (Å²) in [5.74, 6) is -0.0942. The third-order valence-corrected chi connectivity index (χ3v) is 6.49. The van der Waals surface area contributed by atoms with Gasteiger partial charge in [-0.05, 0) is 61.6 Å². The van der Waals surface area contributed by atoms with Crippen molar-refractivity contribution in [1.29, 1.82) is 0 Å². The molecule has 2 aromatic rings. The number of ketones is 1. The number of nitrogens with zero attached hydrogens (tertiary/aromatic N) is 1. The van der Waals surface area contributed by atoms with E-state index in [0.29, 0.717) is 25.4 Å². The lowest BCUT2D eigenvalue weighted by atomic mass is 10.0. The topological polar surface area (TPSA) is 41.6 Å². The quantitative estimate of drug-likeness (QED) is 0.636. The third kappa shape index (κ3) is 4.01. The molecule has 2 fully saturated rings. The highest BCUT2D eigenvalue weighted by molar-refractivity contribution is 6.30. The fourth-order valence-corrected chi connectivity index (χ4v) is 4.52. The van der Waals surface area contributed by atoms with E-state index in [1.54, 1.807) is 0 Å². The zero-order valence-electron chi connectivity index (χ0n) is 16.7. The van der Waals surface area contributed by atoms with E-state index in [0.717, 1.165) is 30.3 Å². The number of anilines is 2. The summed E-state index contributed by atoms with van der Waals surface area (Å²) in [6.45, 7) is 0.230. The molecule has 0 bridgehead atoms. The van der Waals surface area contributed by atoms with Crippen LogP contribution in [0.5, 0.6) is 0 Å². The molecule has 2 aromatic carbocycles. The molecule has 3 aliphatic rings. The summed E-state index contributed by atoms with van der Waals surface area (Å²) in [6, 6.07) is 11.3. The lowest BCUT2D eigenvalue weighted by Crippen LogP contribution is -2.51. The average molecular weight is 451 g/mol. The number of halogens is 4. The van der Waals surface area contributed by atoms with E-state index in [1.807, 2.05) is 24.3 Å². The third-order valence-electron chi connectivity index (χ3n) is 6.26. The molecular weight excluding hydrogens is 429 g/mol. The Bertz CT molecular complexity index is 1020. The van der Waals surface area contributed by atoms with Crippen LogP contribution in [0, 0.1) is 0 Å². The average Bonchev–Trinajstić information content (AvgIpc) is 3.65. The number of hydrogen-bond acceptors (Lipinski definition) is 4. The van der Waals surface area contributed by atoms with E-state index < -0.39 is 23.4 Å². The first-order valence-electron chi connectivity index (χ1n) is 10.4. The van der Waals surface area contributed by atoms with Crippen molar-refractivity contribution in [2.24, 2.45) is 0 Å². The summed E-state index contributed by atoms with van der Waals surface area (Å²) in [6.07, 6.45) is -1.28. The molecule has 164 valence electrons. The number of hydrogen-bond donors (Lipinski definition) is 1. The number of benzene rings is 2. The van der Waals surface area contributed by atoms with Crippen molar-refractivity contribution in [1.82, 2.24) is 0 Å². The number of fused-ring (bicyclic) bond motifs is 1. The number of rotatable bonds is 6. The van der Waals surface area contributed by atoms with E-state index in [1.165, 1.54) is 12.1 Å². The zero-order chi connectivity index (χ0) is 21.8. The molecule has 8 heteroatoms. The van der Waals surface area contributed by atoms with Gasteiger partial charge in [-0.15, -0.1) is 0 Å². The number of carbonyl (C=O) groups is 1.